The molecule has 0 aliphatic carbocycles. The van der Waals surface area contributed by atoms with E-state index in [0.29, 0.717) is 5.56 Å². The Morgan fingerprint density at radius 3 is 2.50 bits per heavy atom. The van der Waals surface area contributed by atoms with Crippen molar-refractivity contribution in [2.24, 2.45) is 0 Å². The van der Waals surface area contributed by atoms with Crippen molar-refractivity contribution in [2.45, 2.75) is 0 Å². The molecule has 3 aromatic rings. The van der Waals surface area contributed by atoms with Crippen molar-refractivity contribution in [3.05, 3.63) is 69.7 Å². The van der Waals surface area contributed by atoms with Gasteiger partial charge >= 0.3 is 0 Å². The third kappa shape index (κ3) is 3.61. The maximum atomic E-state index is 12.0. The van der Waals surface area contributed by atoms with Gasteiger partial charge in [0.25, 0.3) is 0 Å². The van der Waals surface area contributed by atoms with E-state index in [2.05, 4.69) is 5.32 Å². The monoisotopic (exact) mass is 354 g/mol. The van der Waals surface area contributed by atoms with Gasteiger partial charge in [0, 0.05) is 27.5 Å². The topological polar surface area (TPSA) is 69.2 Å². The number of carbonyl (C=O) groups excluding carboxylic acids is 2. The lowest BCUT2D eigenvalue weighted by atomic mass is 10.0. The fraction of sp³-hybridized carbons (Fsp3) is 0. The highest BCUT2D eigenvalue weighted by Crippen LogP contribution is 2.35. The van der Waals surface area contributed by atoms with Crippen LogP contribution in [0.25, 0.3) is 17.2 Å². The first-order chi connectivity index (χ1) is 11.6. The summed E-state index contributed by atoms with van der Waals surface area (Å²) in [6.07, 6.45) is 3.07. The molecule has 0 saturated heterocycles. The predicted octanol–water partition coefficient (Wildman–Crippen LogP) is 3.49. The van der Waals surface area contributed by atoms with E-state index >= 15 is 0 Å². The van der Waals surface area contributed by atoms with E-state index in [1.165, 1.54) is 28.7 Å². The number of rotatable bonds is 5. The van der Waals surface area contributed by atoms with Crippen LogP contribution in [-0.2, 0) is 4.79 Å². The Morgan fingerprint density at radius 1 is 1.04 bits per heavy atom. The van der Waals surface area contributed by atoms with Crippen molar-refractivity contribution in [2.75, 3.05) is 5.32 Å². The highest BCUT2D eigenvalue weighted by Gasteiger charge is 2.15. The summed E-state index contributed by atoms with van der Waals surface area (Å²) in [6.45, 7) is 0. The summed E-state index contributed by atoms with van der Waals surface area (Å²) in [5.41, 5.74) is 1.31. The third-order valence-corrected chi connectivity index (χ3v) is 4.99. The minimum absolute atomic E-state index is 0.00377. The number of benzene rings is 1. The highest BCUT2D eigenvalue weighted by molar-refractivity contribution is 7.15. The zero-order valence-electron chi connectivity index (χ0n) is 12.4. The van der Waals surface area contributed by atoms with Crippen LogP contribution in [-0.4, -0.2) is 11.9 Å². The van der Waals surface area contributed by atoms with Crippen LogP contribution >= 0.6 is 22.7 Å². The summed E-state index contributed by atoms with van der Waals surface area (Å²) in [5.74, 6) is -1.69. The minimum Gasteiger partial charge on any atom is -0.545 e. The number of hydrogen-bond donors (Lipinski definition) is 1. The molecule has 4 nitrogen and oxygen atoms in total. The second-order valence-electron chi connectivity index (χ2n) is 4.84. The second kappa shape index (κ2) is 7.25. The number of carbonyl (C=O) groups is 2. The summed E-state index contributed by atoms with van der Waals surface area (Å²) in [6, 6.07) is 12.9. The zero-order chi connectivity index (χ0) is 16.9. The minimum atomic E-state index is -1.31. The van der Waals surface area contributed by atoms with E-state index in [0.717, 1.165) is 10.4 Å². The van der Waals surface area contributed by atoms with E-state index in [-0.39, 0.29) is 16.5 Å². The maximum absolute atomic E-state index is 12.0. The molecule has 0 atom stereocenters. The van der Waals surface area contributed by atoms with Crippen LogP contribution in [0.3, 0.4) is 0 Å². The van der Waals surface area contributed by atoms with E-state index in [4.69, 9.17) is 0 Å². The molecule has 0 saturated carbocycles. The van der Waals surface area contributed by atoms with Crippen molar-refractivity contribution < 1.29 is 14.7 Å². The molecular weight excluding hydrogens is 342 g/mol. The third-order valence-electron chi connectivity index (χ3n) is 3.26. The Hall–Kier alpha value is -2.70. The molecule has 6 heteroatoms. The Balaban J connectivity index is 1.85. The number of aromatic carboxylic acids is 1. The molecule has 120 valence electrons. The summed E-state index contributed by atoms with van der Waals surface area (Å²) in [7, 11) is 0. The van der Waals surface area contributed by atoms with Crippen LogP contribution in [0.2, 0.25) is 0 Å². The molecule has 0 radical (unpaired) electrons. The van der Waals surface area contributed by atoms with Crippen LogP contribution in [0.15, 0.2) is 59.3 Å². The number of hydrogen-bond acceptors (Lipinski definition) is 5. The van der Waals surface area contributed by atoms with Gasteiger partial charge in [-0.2, -0.15) is 0 Å². The second-order valence-corrected chi connectivity index (χ2v) is 6.70. The molecule has 24 heavy (non-hydrogen) atoms. The van der Waals surface area contributed by atoms with Gasteiger partial charge in [-0.05, 0) is 23.1 Å². The molecule has 2 heterocycles. The Bertz CT molecular complexity index is 880. The van der Waals surface area contributed by atoms with Gasteiger partial charge in [0.1, 0.15) is 5.00 Å². The Kier molecular flexibility index (Phi) is 4.88. The van der Waals surface area contributed by atoms with Crippen molar-refractivity contribution in [3.63, 3.8) is 0 Å². The van der Waals surface area contributed by atoms with Crippen LogP contribution in [0.4, 0.5) is 5.00 Å². The number of anilines is 1. The van der Waals surface area contributed by atoms with E-state index in [9.17, 15) is 14.7 Å². The molecule has 2 aromatic heterocycles. The standard InChI is InChI=1S/C18H13NO3S2/c20-15(9-8-13-7-4-10-23-13)19-17-16(18(21)22)14(11-24-17)12-5-2-1-3-6-12/h1-11H,(H,19,20)(H,21,22)/p-1. The van der Waals surface area contributed by atoms with Crippen molar-refractivity contribution in [1.29, 1.82) is 0 Å². The molecule has 1 N–H and O–H groups in total. The van der Waals surface area contributed by atoms with Gasteiger partial charge in [-0.3, -0.25) is 4.79 Å². The number of carboxylic acids is 1. The highest BCUT2D eigenvalue weighted by atomic mass is 32.1. The van der Waals surface area contributed by atoms with Crippen LogP contribution in [0, 0.1) is 0 Å². The fourth-order valence-corrected chi connectivity index (χ4v) is 3.76. The van der Waals surface area contributed by atoms with Gasteiger partial charge in [-0.25, -0.2) is 0 Å². The van der Waals surface area contributed by atoms with E-state index < -0.39 is 5.97 Å². The fourth-order valence-electron chi connectivity index (χ4n) is 2.18. The van der Waals surface area contributed by atoms with Crippen LogP contribution in [0.1, 0.15) is 15.2 Å². The SMILES string of the molecule is O=C(C=Cc1cccs1)Nc1scc(-c2ccccc2)c1C(=O)[O-]. The molecule has 0 spiro atoms. The molecular formula is C18H12NO3S2-. The van der Waals surface area contributed by atoms with E-state index in [1.807, 2.05) is 47.8 Å². The van der Waals surface area contributed by atoms with Crippen molar-refractivity contribution in [3.8, 4) is 11.1 Å². The van der Waals surface area contributed by atoms with Crippen molar-refractivity contribution >= 4 is 45.6 Å². The predicted molar refractivity (Wildman–Crippen MR) is 96.1 cm³/mol. The quantitative estimate of drug-likeness (QED) is 0.713. The number of carboxylic acid groups (broad SMARTS) is 1. The first-order valence-corrected chi connectivity index (χ1v) is 8.82. The van der Waals surface area contributed by atoms with Gasteiger partial charge in [-0.15, -0.1) is 22.7 Å². The Morgan fingerprint density at radius 2 is 1.83 bits per heavy atom. The lowest BCUT2D eigenvalue weighted by molar-refractivity contribution is -0.254. The smallest absolute Gasteiger partial charge is 0.249 e. The van der Waals surface area contributed by atoms with Gasteiger partial charge in [0.15, 0.2) is 0 Å². The van der Waals surface area contributed by atoms with E-state index in [1.54, 1.807) is 11.5 Å². The van der Waals surface area contributed by atoms with Crippen molar-refractivity contribution in [1.82, 2.24) is 0 Å². The lowest BCUT2D eigenvalue weighted by Gasteiger charge is -2.09. The Labute approximate surface area is 146 Å². The normalized spacial score (nSPS) is 10.8. The molecule has 1 aromatic carbocycles. The number of nitrogens with one attached hydrogen (secondary N) is 1. The summed E-state index contributed by atoms with van der Waals surface area (Å²) >= 11 is 2.68. The molecule has 1 amide bonds. The molecule has 0 bridgehead atoms. The number of amides is 1. The van der Waals surface area contributed by atoms with Gasteiger partial charge in [0.05, 0.1) is 5.97 Å². The summed E-state index contributed by atoms with van der Waals surface area (Å²) in [4.78, 5) is 24.5. The lowest BCUT2D eigenvalue weighted by Crippen LogP contribution is -2.24. The molecule has 0 aliphatic rings. The molecule has 3 rings (SSSR count). The molecule has 0 aliphatic heterocycles. The summed E-state index contributed by atoms with van der Waals surface area (Å²) in [5, 5.41) is 18.0. The number of thiophene rings is 2. The van der Waals surface area contributed by atoms with Gasteiger partial charge < -0.3 is 15.2 Å². The largest absolute Gasteiger partial charge is 0.545 e. The average molecular weight is 354 g/mol. The maximum Gasteiger partial charge on any atom is 0.249 e. The first kappa shape index (κ1) is 16.2. The van der Waals surface area contributed by atoms with Crippen LogP contribution < -0.4 is 10.4 Å². The van der Waals surface area contributed by atoms with Crippen LogP contribution in [0.5, 0.6) is 0 Å². The first-order valence-electron chi connectivity index (χ1n) is 7.06. The molecule has 0 unspecified atom stereocenters. The summed E-state index contributed by atoms with van der Waals surface area (Å²) < 4.78 is 0. The zero-order valence-corrected chi connectivity index (χ0v) is 14.0. The van der Waals surface area contributed by atoms with Gasteiger partial charge in [-0.1, -0.05) is 36.4 Å². The average Bonchev–Trinajstić information content (AvgIpc) is 3.23. The molecule has 0 fully saturated rings. The van der Waals surface area contributed by atoms with Gasteiger partial charge in [0.2, 0.25) is 5.91 Å².